The zero-order valence-corrected chi connectivity index (χ0v) is 14.7. The summed E-state index contributed by atoms with van der Waals surface area (Å²) in [7, 11) is 0. The van der Waals surface area contributed by atoms with Gasteiger partial charge < -0.3 is 15.5 Å². The molecule has 0 radical (unpaired) electrons. The summed E-state index contributed by atoms with van der Waals surface area (Å²) in [6, 6.07) is 11.8. The zero-order chi connectivity index (χ0) is 17.5. The second-order valence-corrected chi connectivity index (χ2v) is 6.28. The summed E-state index contributed by atoms with van der Waals surface area (Å²) in [6.07, 6.45) is 4.77. The Labute approximate surface area is 148 Å². The quantitative estimate of drug-likeness (QED) is 0.844. The van der Waals surface area contributed by atoms with Crippen LogP contribution >= 0.6 is 0 Å². The van der Waals surface area contributed by atoms with E-state index in [0.717, 1.165) is 25.2 Å². The Morgan fingerprint density at radius 3 is 2.44 bits per heavy atom. The fourth-order valence-corrected chi connectivity index (χ4v) is 2.90. The first kappa shape index (κ1) is 17.2. The number of nitrogens with zero attached hydrogens (tertiary/aromatic N) is 3. The highest BCUT2D eigenvalue weighted by Gasteiger charge is 2.11. The predicted molar refractivity (Wildman–Crippen MR) is 100 cm³/mol. The number of amides is 1. The average molecular weight is 339 g/mol. The Balaban J connectivity index is 1.59. The number of hydrogen-bond acceptors (Lipinski definition) is 5. The minimum Gasteiger partial charge on any atom is -0.372 e. The number of nitrogens with one attached hydrogen (secondary N) is 2. The molecule has 2 N–H and O–H groups in total. The molecule has 132 valence electrons. The number of rotatable bonds is 6. The third kappa shape index (κ3) is 4.68. The Morgan fingerprint density at radius 2 is 1.80 bits per heavy atom. The summed E-state index contributed by atoms with van der Waals surface area (Å²) >= 11 is 0. The van der Waals surface area contributed by atoms with Gasteiger partial charge in [-0.25, -0.2) is 0 Å². The molecule has 0 saturated carbocycles. The molecule has 1 amide bonds. The van der Waals surface area contributed by atoms with E-state index in [-0.39, 0.29) is 5.91 Å². The van der Waals surface area contributed by atoms with E-state index in [1.165, 1.54) is 24.9 Å². The molecular weight excluding hydrogens is 314 g/mol. The van der Waals surface area contributed by atoms with E-state index in [1.54, 1.807) is 12.1 Å². The molecule has 6 heteroatoms. The standard InChI is InChI=1S/C19H25N5O/c1-2-12-20-19(25)17-10-11-18(23-22-17)21-15-6-8-16(9-7-15)24-13-4-3-5-14-24/h6-11H,2-5,12-14H2,1H3,(H,20,25)(H,21,23). The Morgan fingerprint density at radius 1 is 1.04 bits per heavy atom. The summed E-state index contributed by atoms with van der Waals surface area (Å²) < 4.78 is 0. The number of piperidine rings is 1. The number of hydrogen-bond donors (Lipinski definition) is 2. The van der Waals surface area contributed by atoms with Crippen LogP contribution in [0.2, 0.25) is 0 Å². The minimum absolute atomic E-state index is 0.188. The molecule has 0 atom stereocenters. The van der Waals surface area contributed by atoms with Gasteiger partial charge in [0.25, 0.3) is 5.91 Å². The predicted octanol–water partition coefficient (Wildman–Crippen LogP) is 3.35. The van der Waals surface area contributed by atoms with E-state index in [4.69, 9.17) is 0 Å². The van der Waals surface area contributed by atoms with Crippen molar-refractivity contribution in [1.82, 2.24) is 15.5 Å². The van der Waals surface area contributed by atoms with Crippen LogP contribution in [0.1, 0.15) is 43.1 Å². The number of aromatic nitrogens is 2. The molecule has 1 aliphatic heterocycles. The Bertz CT molecular complexity index is 678. The van der Waals surface area contributed by atoms with Gasteiger partial charge in [0.2, 0.25) is 0 Å². The molecule has 1 aromatic carbocycles. The molecule has 1 fully saturated rings. The highest BCUT2D eigenvalue weighted by atomic mass is 16.1. The minimum atomic E-state index is -0.188. The van der Waals surface area contributed by atoms with Crippen LogP contribution in [0.25, 0.3) is 0 Å². The third-order valence-electron chi connectivity index (χ3n) is 4.29. The molecule has 0 bridgehead atoms. The zero-order valence-electron chi connectivity index (χ0n) is 14.7. The highest BCUT2D eigenvalue weighted by Crippen LogP contribution is 2.23. The second kappa shape index (κ2) is 8.46. The molecular formula is C19H25N5O. The molecule has 2 aromatic rings. The van der Waals surface area contributed by atoms with Gasteiger partial charge in [0, 0.05) is 31.0 Å². The number of anilines is 3. The topological polar surface area (TPSA) is 70.2 Å². The lowest BCUT2D eigenvalue weighted by atomic mass is 10.1. The Hall–Kier alpha value is -2.63. The van der Waals surface area contributed by atoms with Crippen LogP contribution in [0.15, 0.2) is 36.4 Å². The van der Waals surface area contributed by atoms with Crippen molar-refractivity contribution in [2.75, 3.05) is 29.9 Å². The number of carbonyl (C=O) groups excluding carboxylic acids is 1. The maximum absolute atomic E-state index is 11.8. The third-order valence-corrected chi connectivity index (χ3v) is 4.29. The number of carbonyl (C=O) groups is 1. The summed E-state index contributed by atoms with van der Waals surface area (Å²) in [4.78, 5) is 14.2. The number of benzene rings is 1. The van der Waals surface area contributed by atoms with Gasteiger partial charge in [0.1, 0.15) is 0 Å². The fourth-order valence-electron chi connectivity index (χ4n) is 2.90. The lowest BCUT2D eigenvalue weighted by Gasteiger charge is -2.28. The van der Waals surface area contributed by atoms with Crippen LogP contribution < -0.4 is 15.5 Å². The van der Waals surface area contributed by atoms with Gasteiger partial charge in [-0.2, -0.15) is 0 Å². The smallest absolute Gasteiger partial charge is 0.271 e. The van der Waals surface area contributed by atoms with Gasteiger partial charge in [0.05, 0.1) is 0 Å². The van der Waals surface area contributed by atoms with Gasteiger partial charge in [-0.05, 0) is 62.1 Å². The molecule has 1 aromatic heterocycles. The summed E-state index contributed by atoms with van der Waals surface area (Å²) in [5.74, 6) is 0.435. The van der Waals surface area contributed by atoms with Gasteiger partial charge in [0.15, 0.2) is 11.5 Å². The van der Waals surface area contributed by atoms with Crippen molar-refractivity contribution >= 4 is 23.1 Å². The van der Waals surface area contributed by atoms with Crippen molar-refractivity contribution in [1.29, 1.82) is 0 Å². The molecule has 6 nitrogen and oxygen atoms in total. The van der Waals surface area contributed by atoms with E-state index >= 15 is 0 Å². The van der Waals surface area contributed by atoms with Crippen LogP contribution in [-0.2, 0) is 0 Å². The fraction of sp³-hybridized carbons (Fsp3) is 0.421. The molecule has 2 heterocycles. The van der Waals surface area contributed by atoms with Crippen LogP contribution in [-0.4, -0.2) is 35.7 Å². The molecule has 1 saturated heterocycles. The van der Waals surface area contributed by atoms with Crippen molar-refractivity contribution in [3.8, 4) is 0 Å². The molecule has 1 aliphatic rings. The summed E-state index contributed by atoms with van der Waals surface area (Å²) in [5, 5.41) is 14.1. The maximum Gasteiger partial charge on any atom is 0.271 e. The molecule has 25 heavy (non-hydrogen) atoms. The van der Waals surface area contributed by atoms with E-state index in [9.17, 15) is 4.79 Å². The SMILES string of the molecule is CCCNC(=O)c1ccc(Nc2ccc(N3CCCCC3)cc2)nn1. The molecule has 0 aliphatic carbocycles. The van der Waals surface area contributed by atoms with Crippen molar-refractivity contribution in [3.63, 3.8) is 0 Å². The largest absolute Gasteiger partial charge is 0.372 e. The van der Waals surface area contributed by atoms with Gasteiger partial charge in [-0.1, -0.05) is 6.92 Å². The first-order valence-corrected chi connectivity index (χ1v) is 9.00. The maximum atomic E-state index is 11.8. The molecule has 0 spiro atoms. The molecule has 3 rings (SSSR count). The van der Waals surface area contributed by atoms with E-state index in [2.05, 4.69) is 37.9 Å². The normalized spacial score (nSPS) is 14.2. The first-order valence-electron chi connectivity index (χ1n) is 9.00. The molecule has 0 unspecified atom stereocenters. The van der Waals surface area contributed by atoms with Gasteiger partial charge in [-0.15, -0.1) is 10.2 Å². The first-order chi connectivity index (χ1) is 12.3. The van der Waals surface area contributed by atoms with Crippen LogP contribution in [0.4, 0.5) is 17.2 Å². The van der Waals surface area contributed by atoms with Crippen molar-refractivity contribution in [2.45, 2.75) is 32.6 Å². The van der Waals surface area contributed by atoms with E-state index in [1.807, 2.05) is 19.1 Å². The Kier molecular flexibility index (Phi) is 5.82. The lowest BCUT2D eigenvalue weighted by molar-refractivity contribution is 0.0947. The van der Waals surface area contributed by atoms with E-state index in [0.29, 0.717) is 18.1 Å². The average Bonchev–Trinajstić information content (AvgIpc) is 2.68. The second-order valence-electron chi connectivity index (χ2n) is 6.28. The van der Waals surface area contributed by atoms with Crippen molar-refractivity contribution in [2.24, 2.45) is 0 Å². The monoisotopic (exact) mass is 339 g/mol. The lowest BCUT2D eigenvalue weighted by Crippen LogP contribution is -2.29. The summed E-state index contributed by atoms with van der Waals surface area (Å²) in [6.45, 7) is 4.93. The van der Waals surface area contributed by atoms with Crippen LogP contribution in [0.3, 0.4) is 0 Å². The van der Waals surface area contributed by atoms with Crippen molar-refractivity contribution in [3.05, 3.63) is 42.1 Å². The van der Waals surface area contributed by atoms with Crippen LogP contribution in [0, 0.1) is 0 Å². The summed E-state index contributed by atoms with van der Waals surface area (Å²) in [5.41, 5.74) is 2.55. The van der Waals surface area contributed by atoms with E-state index < -0.39 is 0 Å². The van der Waals surface area contributed by atoms with Gasteiger partial charge in [-0.3, -0.25) is 4.79 Å². The van der Waals surface area contributed by atoms with Gasteiger partial charge >= 0.3 is 0 Å². The van der Waals surface area contributed by atoms with Crippen molar-refractivity contribution < 1.29 is 4.79 Å². The van der Waals surface area contributed by atoms with Crippen LogP contribution in [0.5, 0.6) is 0 Å². The highest BCUT2D eigenvalue weighted by molar-refractivity contribution is 5.92.